The van der Waals surface area contributed by atoms with Crippen LogP contribution in [0.1, 0.15) is 32.3 Å². The Morgan fingerprint density at radius 2 is 1.88 bits per heavy atom. The fourth-order valence-corrected chi connectivity index (χ4v) is 5.83. The minimum Gasteiger partial charge on any atom is -0.488 e. The van der Waals surface area contributed by atoms with Crippen molar-refractivity contribution >= 4 is 27.5 Å². The zero-order valence-corrected chi connectivity index (χ0v) is 25.2. The molecule has 0 radical (unpaired) electrons. The van der Waals surface area contributed by atoms with Gasteiger partial charge in [-0.1, -0.05) is 6.92 Å². The third kappa shape index (κ3) is 8.71. The van der Waals surface area contributed by atoms with E-state index in [0.29, 0.717) is 29.8 Å². The number of fused-ring (bicyclic) bond motifs is 1. The molecule has 3 atom stereocenters. The number of nitrogens with one attached hydrogen (secondary N) is 1. The number of hydrogen-bond donors (Lipinski definition) is 2. The maximum absolute atomic E-state index is 13.4. The molecule has 0 fully saturated rings. The Balaban J connectivity index is 1.90. The van der Waals surface area contributed by atoms with Gasteiger partial charge >= 0.3 is 0 Å². The second kappa shape index (κ2) is 14.2. The van der Waals surface area contributed by atoms with Crippen molar-refractivity contribution in [2.24, 2.45) is 5.92 Å². The molecular weight excluding hydrogens is 551 g/mol. The highest BCUT2D eigenvalue weighted by Gasteiger charge is 2.33. The topological polar surface area (TPSA) is 119 Å². The second-order valence-electron chi connectivity index (χ2n) is 10.9. The molecule has 0 aliphatic carbocycles. The number of carbonyl (C=O) groups excluding carboxylic acids is 2. The second-order valence-corrected chi connectivity index (χ2v) is 12.9. The van der Waals surface area contributed by atoms with Gasteiger partial charge in [-0.3, -0.25) is 9.59 Å². The summed E-state index contributed by atoms with van der Waals surface area (Å²) in [6, 6.07) is 9.21. The van der Waals surface area contributed by atoms with Crippen molar-refractivity contribution in [1.82, 2.24) is 14.1 Å². The van der Waals surface area contributed by atoms with Crippen molar-refractivity contribution in [1.29, 1.82) is 0 Å². The molecule has 0 aromatic heterocycles. The molecule has 0 saturated carbocycles. The standard InChI is InChI=1S/C29H41FN4O6S/c1-20-17-34(21(2)19-35)29(37)16-22-15-24(31-28(36)7-6-14-32(3)4)10-13-26(22)40-27(20)18-33(5)41(38,39)25-11-8-23(30)9-12-25/h8-13,15,20-21,27,35H,6-7,14,16-19H2,1-5H3,(H,31,36)/t20-,21-,27-/m1/s1. The zero-order valence-electron chi connectivity index (χ0n) is 24.3. The molecule has 3 rings (SSSR count). The van der Waals surface area contributed by atoms with Gasteiger partial charge in [0, 0.05) is 37.2 Å². The van der Waals surface area contributed by atoms with Crippen LogP contribution >= 0.6 is 0 Å². The molecule has 2 amide bonds. The predicted octanol–water partition coefficient (Wildman–Crippen LogP) is 2.58. The van der Waals surface area contributed by atoms with E-state index >= 15 is 0 Å². The van der Waals surface area contributed by atoms with Gasteiger partial charge in [-0.05, 0) is 76.4 Å². The number of amides is 2. The van der Waals surface area contributed by atoms with Crippen LogP contribution in [0.15, 0.2) is 47.4 Å². The highest BCUT2D eigenvalue weighted by atomic mass is 32.2. The van der Waals surface area contributed by atoms with E-state index in [2.05, 4.69) is 5.32 Å². The summed E-state index contributed by atoms with van der Waals surface area (Å²) in [6.07, 6.45) is 0.362. The van der Waals surface area contributed by atoms with Crippen LogP contribution in [0.3, 0.4) is 0 Å². The van der Waals surface area contributed by atoms with Gasteiger partial charge < -0.3 is 25.0 Å². The van der Waals surface area contributed by atoms with E-state index in [1.54, 1.807) is 30.0 Å². The summed E-state index contributed by atoms with van der Waals surface area (Å²) < 4.78 is 47.4. The van der Waals surface area contributed by atoms with Crippen molar-refractivity contribution < 1.29 is 32.2 Å². The van der Waals surface area contributed by atoms with Gasteiger partial charge in [0.05, 0.1) is 30.5 Å². The van der Waals surface area contributed by atoms with E-state index < -0.39 is 28.0 Å². The minimum atomic E-state index is -3.95. The number of sulfonamides is 1. The number of ether oxygens (including phenoxy) is 1. The average molecular weight is 593 g/mol. The zero-order chi connectivity index (χ0) is 30.3. The van der Waals surface area contributed by atoms with Crippen LogP contribution in [-0.2, 0) is 26.0 Å². The Labute approximate surface area is 242 Å². The van der Waals surface area contributed by atoms with Crippen LogP contribution in [0.25, 0.3) is 0 Å². The molecule has 12 heteroatoms. The van der Waals surface area contributed by atoms with Crippen molar-refractivity contribution in [2.45, 2.75) is 50.2 Å². The summed E-state index contributed by atoms with van der Waals surface area (Å²) in [4.78, 5) is 29.4. The number of likely N-dealkylation sites (N-methyl/N-ethyl adjacent to an activating group) is 1. The lowest BCUT2D eigenvalue weighted by Gasteiger charge is -2.33. The summed E-state index contributed by atoms with van der Waals surface area (Å²) in [7, 11) is 1.36. The van der Waals surface area contributed by atoms with E-state index in [1.807, 2.05) is 25.9 Å². The van der Waals surface area contributed by atoms with Crippen LogP contribution in [0.2, 0.25) is 0 Å². The molecule has 1 aliphatic rings. The number of aliphatic hydroxyl groups excluding tert-OH is 1. The Morgan fingerprint density at radius 1 is 1.20 bits per heavy atom. The molecule has 0 spiro atoms. The fraction of sp³-hybridized carbons (Fsp3) is 0.517. The molecule has 41 heavy (non-hydrogen) atoms. The summed E-state index contributed by atoms with van der Waals surface area (Å²) in [6.45, 7) is 4.34. The smallest absolute Gasteiger partial charge is 0.242 e. The molecule has 1 aliphatic heterocycles. The van der Waals surface area contributed by atoms with Gasteiger partial charge in [-0.25, -0.2) is 12.8 Å². The Morgan fingerprint density at radius 3 is 2.51 bits per heavy atom. The van der Waals surface area contributed by atoms with Crippen molar-refractivity contribution in [3.05, 3.63) is 53.8 Å². The summed E-state index contributed by atoms with van der Waals surface area (Å²) >= 11 is 0. The third-order valence-electron chi connectivity index (χ3n) is 7.17. The SMILES string of the molecule is C[C@@H]1CN([C@H](C)CO)C(=O)Cc2cc(NC(=O)CCCN(C)C)ccc2O[C@@H]1CN(C)S(=O)(=O)c1ccc(F)cc1. The average Bonchev–Trinajstić information content (AvgIpc) is 2.95. The van der Waals surface area contributed by atoms with Crippen molar-refractivity contribution in [3.63, 3.8) is 0 Å². The molecule has 0 saturated heterocycles. The lowest BCUT2D eigenvalue weighted by molar-refractivity contribution is -0.134. The molecule has 0 bridgehead atoms. The van der Waals surface area contributed by atoms with E-state index in [9.17, 15) is 27.5 Å². The van der Waals surface area contributed by atoms with Crippen LogP contribution in [0, 0.1) is 11.7 Å². The number of halogens is 1. The third-order valence-corrected chi connectivity index (χ3v) is 9.01. The number of aliphatic hydroxyl groups is 1. The molecule has 10 nitrogen and oxygen atoms in total. The fourth-order valence-electron chi connectivity index (χ4n) is 4.64. The van der Waals surface area contributed by atoms with Crippen molar-refractivity contribution in [2.75, 3.05) is 52.7 Å². The number of carbonyl (C=O) groups is 2. The van der Waals surface area contributed by atoms with Crippen LogP contribution in [0.4, 0.5) is 10.1 Å². The minimum absolute atomic E-state index is 0.0207. The first kappa shape index (κ1) is 32.5. The normalized spacial score (nSPS) is 18.8. The van der Waals surface area contributed by atoms with Crippen molar-refractivity contribution in [3.8, 4) is 5.75 Å². The summed E-state index contributed by atoms with van der Waals surface area (Å²) in [5, 5.41) is 12.7. The largest absolute Gasteiger partial charge is 0.488 e. The first-order valence-electron chi connectivity index (χ1n) is 13.7. The molecule has 2 N–H and O–H groups in total. The van der Waals surface area contributed by atoms with E-state index in [1.165, 1.54) is 19.2 Å². The van der Waals surface area contributed by atoms with Gasteiger partial charge in [0.15, 0.2) is 0 Å². The monoisotopic (exact) mass is 592 g/mol. The number of nitrogens with zero attached hydrogens (tertiary/aromatic N) is 3. The molecule has 226 valence electrons. The lowest BCUT2D eigenvalue weighted by Crippen LogP contribution is -2.48. The van der Waals surface area contributed by atoms with E-state index in [-0.39, 0.29) is 48.7 Å². The number of hydrogen-bond acceptors (Lipinski definition) is 7. The van der Waals surface area contributed by atoms with Crippen LogP contribution < -0.4 is 10.1 Å². The van der Waals surface area contributed by atoms with Gasteiger partial charge in [0.1, 0.15) is 17.7 Å². The number of anilines is 1. The summed E-state index contributed by atoms with van der Waals surface area (Å²) in [5.41, 5.74) is 1.07. The Hall–Kier alpha value is -3.06. The molecular formula is C29H41FN4O6S. The van der Waals surface area contributed by atoms with E-state index in [0.717, 1.165) is 23.0 Å². The van der Waals surface area contributed by atoms with Gasteiger partial charge in [0.25, 0.3) is 0 Å². The Kier molecular flexibility index (Phi) is 11.3. The van der Waals surface area contributed by atoms with Crippen LogP contribution in [-0.4, -0.2) is 99.0 Å². The van der Waals surface area contributed by atoms with E-state index in [4.69, 9.17) is 4.74 Å². The number of benzene rings is 2. The molecule has 0 unspecified atom stereocenters. The Bertz CT molecular complexity index is 1300. The molecule has 2 aromatic rings. The predicted molar refractivity (Wildman–Crippen MR) is 155 cm³/mol. The number of rotatable bonds is 11. The van der Waals surface area contributed by atoms with Crippen LogP contribution in [0.5, 0.6) is 5.75 Å². The lowest BCUT2D eigenvalue weighted by atomic mass is 10.0. The highest BCUT2D eigenvalue weighted by Crippen LogP contribution is 2.30. The summed E-state index contributed by atoms with van der Waals surface area (Å²) in [5.74, 6) is -0.807. The van der Waals surface area contributed by atoms with Gasteiger partial charge in [-0.2, -0.15) is 4.31 Å². The van der Waals surface area contributed by atoms with Gasteiger partial charge in [-0.15, -0.1) is 0 Å². The maximum Gasteiger partial charge on any atom is 0.242 e. The molecule has 2 aromatic carbocycles. The first-order valence-corrected chi connectivity index (χ1v) is 15.1. The molecule has 1 heterocycles. The highest BCUT2D eigenvalue weighted by molar-refractivity contribution is 7.89. The van der Waals surface area contributed by atoms with Gasteiger partial charge in [0.2, 0.25) is 21.8 Å². The first-order chi connectivity index (χ1) is 19.3. The quantitative estimate of drug-likeness (QED) is 0.412. The maximum atomic E-state index is 13.4.